The molecule has 4 N–H and O–H groups in total. The number of hydrogen-bond donors (Lipinski definition) is 3. The Balaban J connectivity index is 3.56. The van der Waals surface area contributed by atoms with Crippen molar-refractivity contribution in [2.45, 2.75) is 39.3 Å². The largest absolute Gasteiger partial charge is 0.377 e. The molecule has 10 heavy (non-hydrogen) atoms. The van der Waals surface area contributed by atoms with Gasteiger partial charge in [0.25, 0.3) is 0 Å². The van der Waals surface area contributed by atoms with Crippen LogP contribution in [0.1, 0.15) is 33.1 Å². The Morgan fingerprint density at radius 1 is 1.50 bits per heavy atom. The summed E-state index contributed by atoms with van der Waals surface area (Å²) in [7, 11) is 0. The minimum Gasteiger partial charge on any atom is -0.377 e. The van der Waals surface area contributed by atoms with Crippen molar-refractivity contribution in [3.63, 3.8) is 0 Å². The van der Waals surface area contributed by atoms with Crippen molar-refractivity contribution in [1.29, 1.82) is 0 Å². The van der Waals surface area contributed by atoms with Gasteiger partial charge in [0.1, 0.15) is 6.23 Å². The van der Waals surface area contributed by atoms with Crippen LogP contribution < -0.4 is 11.3 Å². The van der Waals surface area contributed by atoms with Crippen LogP contribution in [0.5, 0.6) is 0 Å². The molecule has 0 saturated heterocycles. The molecule has 0 rings (SSSR count). The summed E-state index contributed by atoms with van der Waals surface area (Å²) in [5, 5.41) is 9.21. The maximum absolute atomic E-state index is 9.21. The second-order valence-electron chi connectivity index (χ2n) is 2.57. The van der Waals surface area contributed by atoms with Crippen molar-refractivity contribution in [2.24, 2.45) is 11.8 Å². The number of hydrazine groups is 1. The first kappa shape index (κ1) is 9.88. The summed E-state index contributed by atoms with van der Waals surface area (Å²) in [6.45, 7) is 4.16. The van der Waals surface area contributed by atoms with Crippen LogP contribution in [0.15, 0.2) is 0 Å². The standard InChI is InChI=1S/C7H18N2O/c1-3-5-6(4-2)7(10)9-8/h6-7,9-10H,3-5,8H2,1-2H3. The number of nitrogens with one attached hydrogen (secondary N) is 1. The Kier molecular flexibility index (Phi) is 5.58. The van der Waals surface area contributed by atoms with E-state index in [-0.39, 0.29) is 0 Å². The molecular weight excluding hydrogens is 128 g/mol. The Bertz CT molecular complexity index is 78.0. The molecule has 0 radical (unpaired) electrons. The molecular formula is C7H18N2O. The minimum absolute atomic E-state index is 0.301. The lowest BCUT2D eigenvalue weighted by atomic mass is 9.99. The second kappa shape index (κ2) is 5.65. The quantitative estimate of drug-likeness (QED) is 0.302. The molecule has 0 fully saturated rings. The Hall–Kier alpha value is -0.120. The van der Waals surface area contributed by atoms with Crippen molar-refractivity contribution < 1.29 is 5.11 Å². The number of nitrogens with two attached hydrogens (primary N) is 1. The molecule has 3 nitrogen and oxygen atoms in total. The lowest BCUT2D eigenvalue weighted by Crippen LogP contribution is -2.40. The molecule has 2 unspecified atom stereocenters. The van der Waals surface area contributed by atoms with Gasteiger partial charge in [-0.3, -0.25) is 5.84 Å². The molecule has 0 aliphatic rings. The third-order valence-electron chi connectivity index (χ3n) is 1.80. The minimum atomic E-state index is -0.537. The van der Waals surface area contributed by atoms with E-state index in [4.69, 9.17) is 5.84 Å². The fourth-order valence-corrected chi connectivity index (χ4v) is 1.09. The van der Waals surface area contributed by atoms with Crippen molar-refractivity contribution in [3.05, 3.63) is 0 Å². The van der Waals surface area contributed by atoms with Crippen LogP contribution in [0.25, 0.3) is 0 Å². The topological polar surface area (TPSA) is 58.3 Å². The van der Waals surface area contributed by atoms with Gasteiger partial charge in [-0.1, -0.05) is 20.3 Å². The summed E-state index contributed by atoms with van der Waals surface area (Å²) in [4.78, 5) is 0. The van der Waals surface area contributed by atoms with Crippen LogP contribution in [0.2, 0.25) is 0 Å². The summed E-state index contributed by atoms with van der Waals surface area (Å²) in [5.74, 6) is 5.38. The predicted molar refractivity (Wildman–Crippen MR) is 42.0 cm³/mol. The zero-order valence-corrected chi connectivity index (χ0v) is 6.80. The number of aliphatic hydroxyl groups is 1. The van der Waals surface area contributed by atoms with Crippen molar-refractivity contribution >= 4 is 0 Å². The van der Waals surface area contributed by atoms with E-state index in [0.29, 0.717) is 5.92 Å². The highest BCUT2D eigenvalue weighted by Crippen LogP contribution is 2.12. The van der Waals surface area contributed by atoms with Crippen LogP contribution in [0.3, 0.4) is 0 Å². The van der Waals surface area contributed by atoms with Gasteiger partial charge in [-0.05, 0) is 18.8 Å². The molecule has 0 aromatic heterocycles. The highest BCUT2D eigenvalue weighted by atomic mass is 16.3. The normalized spacial score (nSPS) is 16.8. The zero-order chi connectivity index (χ0) is 7.98. The van der Waals surface area contributed by atoms with Crippen LogP contribution in [0, 0.1) is 5.92 Å². The number of hydrogen-bond acceptors (Lipinski definition) is 3. The molecule has 0 aromatic rings. The zero-order valence-electron chi connectivity index (χ0n) is 6.80. The smallest absolute Gasteiger partial charge is 0.119 e. The fraction of sp³-hybridized carbons (Fsp3) is 1.00. The first-order valence-electron chi connectivity index (χ1n) is 3.90. The SMILES string of the molecule is CCCC(CC)C(O)NN. The fourth-order valence-electron chi connectivity index (χ4n) is 1.09. The van der Waals surface area contributed by atoms with E-state index >= 15 is 0 Å². The predicted octanol–water partition coefficient (Wildman–Crippen LogP) is 0.594. The summed E-state index contributed by atoms with van der Waals surface area (Å²) < 4.78 is 0. The third-order valence-corrected chi connectivity index (χ3v) is 1.80. The van der Waals surface area contributed by atoms with E-state index in [1.54, 1.807) is 0 Å². The van der Waals surface area contributed by atoms with Crippen LogP contribution >= 0.6 is 0 Å². The van der Waals surface area contributed by atoms with E-state index in [2.05, 4.69) is 19.3 Å². The van der Waals surface area contributed by atoms with Gasteiger partial charge in [0.05, 0.1) is 0 Å². The maximum atomic E-state index is 9.21. The van der Waals surface area contributed by atoms with Crippen LogP contribution in [0.4, 0.5) is 0 Å². The third kappa shape index (κ3) is 3.15. The van der Waals surface area contributed by atoms with E-state index in [9.17, 15) is 5.11 Å². The molecule has 0 heterocycles. The molecule has 0 amide bonds. The van der Waals surface area contributed by atoms with Crippen LogP contribution in [-0.4, -0.2) is 11.3 Å². The lowest BCUT2D eigenvalue weighted by Gasteiger charge is -2.19. The number of aliphatic hydroxyl groups excluding tert-OH is 1. The van der Waals surface area contributed by atoms with Gasteiger partial charge in [0, 0.05) is 0 Å². The van der Waals surface area contributed by atoms with Gasteiger partial charge in [-0.15, -0.1) is 0 Å². The van der Waals surface area contributed by atoms with Gasteiger partial charge < -0.3 is 5.11 Å². The van der Waals surface area contributed by atoms with Crippen molar-refractivity contribution in [3.8, 4) is 0 Å². The van der Waals surface area contributed by atoms with E-state index < -0.39 is 6.23 Å². The summed E-state index contributed by atoms with van der Waals surface area (Å²) in [6.07, 6.45) is 2.56. The van der Waals surface area contributed by atoms with Crippen molar-refractivity contribution in [1.82, 2.24) is 5.43 Å². The molecule has 3 heteroatoms. The molecule has 0 spiro atoms. The van der Waals surface area contributed by atoms with Gasteiger partial charge in [0.15, 0.2) is 0 Å². The first-order chi connectivity index (χ1) is 4.76. The molecule has 0 bridgehead atoms. The second-order valence-corrected chi connectivity index (χ2v) is 2.57. The van der Waals surface area contributed by atoms with E-state index in [0.717, 1.165) is 19.3 Å². The van der Waals surface area contributed by atoms with Crippen LogP contribution in [-0.2, 0) is 0 Å². The molecule has 0 aliphatic carbocycles. The molecule has 62 valence electrons. The maximum Gasteiger partial charge on any atom is 0.119 e. The van der Waals surface area contributed by atoms with E-state index in [1.165, 1.54) is 0 Å². The molecule has 0 aliphatic heterocycles. The van der Waals surface area contributed by atoms with E-state index in [1.807, 2.05) is 0 Å². The Morgan fingerprint density at radius 2 is 2.10 bits per heavy atom. The van der Waals surface area contributed by atoms with Gasteiger partial charge in [-0.25, -0.2) is 5.43 Å². The monoisotopic (exact) mass is 146 g/mol. The average Bonchev–Trinajstić information content (AvgIpc) is 1.99. The summed E-state index contributed by atoms with van der Waals surface area (Å²) >= 11 is 0. The highest BCUT2D eigenvalue weighted by Gasteiger charge is 2.13. The molecule has 0 saturated carbocycles. The first-order valence-corrected chi connectivity index (χ1v) is 3.90. The number of rotatable bonds is 5. The van der Waals surface area contributed by atoms with Crippen molar-refractivity contribution in [2.75, 3.05) is 0 Å². The van der Waals surface area contributed by atoms with Gasteiger partial charge in [0.2, 0.25) is 0 Å². The molecule has 2 atom stereocenters. The summed E-state index contributed by atoms with van der Waals surface area (Å²) in [5.41, 5.74) is 2.36. The molecule has 0 aromatic carbocycles. The highest BCUT2D eigenvalue weighted by molar-refractivity contribution is 4.61. The Labute approximate surface area is 62.6 Å². The lowest BCUT2D eigenvalue weighted by molar-refractivity contribution is 0.0679. The summed E-state index contributed by atoms with van der Waals surface area (Å²) in [6, 6.07) is 0. The Morgan fingerprint density at radius 3 is 2.40 bits per heavy atom. The van der Waals surface area contributed by atoms with Gasteiger partial charge in [-0.2, -0.15) is 0 Å². The average molecular weight is 146 g/mol. The van der Waals surface area contributed by atoms with Gasteiger partial charge >= 0.3 is 0 Å².